The molecular formula is C42H52Cl2F9N2O12P. The van der Waals surface area contributed by atoms with Crippen LogP contribution in [0.3, 0.4) is 0 Å². The SMILES string of the molecule is CCC(=CC(=O)OC)c1ccc(C(F)(F)F)cc1.CCC(=O)c1ccc(C(F)(F)F)cc1.CCC(CC(N)=O)c1ccc(C(F)(F)F)cc1.COC(=O)CP(=O)(OC)OC.N.O.O=C(Cl)C(=O)Cl. The minimum Gasteiger partial charge on any atom is -0.469 e. The highest BCUT2D eigenvalue weighted by Crippen LogP contribution is 2.46. The zero-order valence-electron chi connectivity index (χ0n) is 37.5. The second-order valence-electron chi connectivity index (χ2n) is 12.6. The standard InChI is InChI=1S/C13H13F3O2.C12H14F3NO.C10H9F3O.C5H11O5P.C2Cl2O2.H3N.H2O/c1-3-9(8-12(17)18-2)10-4-6-11(7-5-10)13(14,15)16;1-2-8(7-11(16)17)9-3-5-10(6-4-9)12(13,14)15;1-2-9(14)7-3-5-8(6-4-7)10(11,12)13;1-8-5(6)4-11(7,9-2)10-3;3-1(5)2(4)6;;/h4-8H,3H2,1-2H3;3-6,8H,2,7H2,1H3,(H2,16,17);3-6H,2H2,1H3;4H2,1-3H3;;1H3;1H2. The molecule has 0 bridgehead atoms. The second-order valence-corrected chi connectivity index (χ2v) is 15.6. The van der Waals surface area contributed by atoms with E-state index in [1.54, 1.807) is 6.92 Å². The molecular weight excluding hydrogens is 997 g/mol. The predicted molar refractivity (Wildman–Crippen MR) is 235 cm³/mol. The third kappa shape index (κ3) is 28.2. The first-order chi connectivity index (χ1) is 30.4. The number of nitrogens with two attached hydrogens (primary N) is 1. The number of amides is 1. The van der Waals surface area contributed by atoms with Gasteiger partial charge < -0.3 is 35.9 Å². The lowest BCUT2D eigenvalue weighted by Gasteiger charge is -2.14. The molecule has 68 heavy (non-hydrogen) atoms. The van der Waals surface area contributed by atoms with Crippen molar-refractivity contribution < 1.29 is 96.8 Å². The van der Waals surface area contributed by atoms with E-state index < -0.39 is 71.1 Å². The van der Waals surface area contributed by atoms with Crippen LogP contribution in [-0.4, -0.2) is 74.2 Å². The van der Waals surface area contributed by atoms with Gasteiger partial charge in [0.1, 0.15) is 6.16 Å². The predicted octanol–water partition coefficient (Wildman–Crippen LogP) is 10.5. The van der Waals surface area contributed by atoms with Crippen LogP contribution in [0.5, 0.6) is 0 Å². The van der Waals surface area contributed by atoms with E-state index in [2.05, 4.69) is 41.7 Å². The summed E-state index contributed by atoms with van der Waals surface area (Å²) in [5, 5.41) is -2.28. The van der Waals surface area contributed by atoms with E-state index in [0.29, 0.717) is 41.5 Å². The van der Waals surface area contributed by atoms with Gasteiger partial charge in [-0.05, 0) is 95.1 Å². The van der Waals surface area contributed by atoms with Crippen LogP contribution in [-0.2, 0) is 65.6 Å². The summed E-state index contributed by atoms with van der Waals surface area (Å²) in [5.41, 5.74) is 5.20. The Morgan fingerprint density at radius 1 is 0.632 bits per heavy atom. The van der Waals surface area contributed by atoms with E-state index in [-0.39, 0.29) is 35.9 Å². The molecule has 1 unspecified atom stereocenters. The molecule has 384 valence electrons. The van der Waals surface area contributed by atoms with Crippen LogP contribution >= 0.6 is 30.8 Å². The average molecular weight is 1050 g/mol. The molecule has 3 rings (SSSR count). The number of carbonyl (C=O) groups is 6. The van der Waals surface area contributed by atoms with E-state index in [4.69, 9.17) is 5.73 Å². The molecule has 0 aliphatic rings. The minimum atomic E-state index is -4.35. The number of ether oxygens (including phenoxy) is 2. The van der Waals surface area contributed by atoms with Crippen LogP contribution < -0.4 is 11.9 Å². The molecule has 1 atom stereocenters. The van der Waals surface area contributed by atoms with Gasteiger partial charge in [0.05, 0.1) is 30.9 Å². The van der Waals surface area contributed by atoms with Crippen molar-refractivity contribution in [3.8, 4) is 0 Å². The van der Waals surface area contributed by atoms with Crippen molar-refractivity contribution in [3.63, 3.8) is 0 Å². The number of alkyl halides is 9. The van der Waals surface area contributed by atoms with Crippen molar-refractivity contribution in [1.29, 1.82) is 0 Å². The lowest BCUT2D eigenvalue weighted by Crippen LogP contribution is -2.15. The lowest BCUT2D eigenvalue weighted by molar-refractivity contribution is -0.138. The van der Waals surface area contributed by atoms with Gasteiger partial charge in [0, 0.05) is 38.7 Å². The largest absolute Gasteiger partial charge is 0.469 e. The van der Waals surface area contributed by atoms with Gasteiger partial charge >= 0.3 is 48.5 Å². The van der Waals surface area contributed by atoms with Gasteiger partial charge in [-0.25, -0.2) is 4.79 Å². The molecule has 26 heteroatoms. The van der Waals surface area contributed by atoms with Crippen LogP contribution in [0, 0.1) is 0 Å². The molecule has 14 nitrogen and oxygen atoms in total. The van der Waals surface area contributed by atoms with Gasteiger partial charge in [-0.3, -0.25) is 28.5 Å². The van der Waals surface area contributed by atoms with Crippen molar-refractivity contribution >= 4 is 70.5 Å². The number of hydrogen-bond acceptors (Lipinski definition) is 12. The highest BCUT2D eigenvalue weighted by atomic mass is 35.5. The van der Waals surface area contributed by atoms with Crippen molar-refractivity contribution in [1.82, 2.24) is 6.15 Å². The molecule has 1 amide bonds. The molecule has 3 aromatic carbocycles. The Labute approximate surface area is 396 Å². The fraction of sp³-hybridized carbons (Fsp3) is 0.381. The van der Waals surface area contributed by atoms with Crippen LogP contribution in [0.4, 0.5) is 39.5 Å². The van der Waals surface area contributed by atoms with E-state index in [0.717, 1.165) is 36.4 Å². The number of halogens is 11. The Hall–Kier alpha value is -5.16. The van der Waals surface area contributed by atoms with Crippen molar-refractivity contribution in [2.75, 3.05) is 34.6 Å². The summed E-state index contributed by atoms with van der Waals surface area (Å²) in [6.45, 7) is 5.34. The van der Waals surface area contributed by atoms with Crippen molar-refractivity contribution in [2.45, 2.75) is 70.9 Å². The third-order valence-corrected chi connectivity index (χ3v) is 10.4. The Kier molecular flexibility index (Phi) is 34.0. The first kappa shape index (κ1) is 69.4. The van der Waals surface area contributed by atoms with E-state index in [9.17, 15) is 72.8 Å². The van der Waals surface area contributed by atoms with E-state index in [1.807, 2.05) is 13.8 Å². The van der Waals surface area contributed by atoms with Crippen molar-refractivity contribution in [2.24, 2.45) is 5.73 Å². The second kappa shape index (κ2) is 33.4. The number of hydrogen-bond donors (Lipinski definition) is 2. The van der Waals surface area contributed by atoms with Gasteiger partial charge in [0.2, 0.25) is 5.91 Å². The number of Topliss-reactive ketones (excluding diaryl/α,β-unsaturated/α-hetero) is 1. The fourth-order valence-corrected chi connectivity index (χ4v) is 5.48. The van der Waals surface area contributed by atoms with Crippen LogP contribution in [0.25, 0.3) is 5.57 Å². The van der Waals surface area contributed by atoms with Crippen molar-refractivity contribution in [3.05, 3.63) is 112 Å². The molecule has 0 radical (unpaired) electrons. The number of carbonyl (C=O) groups excluding carboxylic acids is 6. The topological polar surface area (TPSA) is 249 Å². The molecule has 0 saturated carbocycles. The van der Waals surface area contributed by atoms with Gasteiger partial charge in [-0.15, -0.1) is 0 Å². The van der Waals surface area contributed by atoms with Crippen LogP contribution in [0.2, 0.25) is 0 Å². The fourth-order valence-electron chi connectivity index (χ4n) is 4.62. The maximum atomic E-state index is 12.4. The van der Waals surface area contributed by atoms with Gasteiger partial charge in [0.25, 0.3) is 0 Å². The minimum absolute atomic E-state index is 0. The Balaban J connectivity index is -0.000000387. The first-order valence-corrected chi connectivity index (χ1v) is 21.2. The highest BCUT2D eigenvalue weighted by Gasteiger charge is 2.32. The summed E-state index contributed by atoms with van der Waals surface area (Å²) >= 11 is 8.98. The zero-order chi connectivity index (χ0) is 51.6. The molecule has 0 spiro atoms. The maximum absolute atomic E-state index is 12.4. The number of rotatable bonds is 14. The lowest BCUT2D eigenvalue weighted by atomic mass is 9.92. The zero-order valence-corrected chi connectivity index (χ0v) is 39.9. The summed E-state index contributed by atoms with van der Waals surface area (Å²) < 4.78 is 139. The summed E-state index contributed by atoms with van der Waals surface area (Å²) in [6, 6.07) is 13.8. The smallest absolute Gasteiger partial charge is 0.416 e. The summed E-state index contributed by atoms with van der Waals surface area (Å²) in [5.74, 6) is -1.85. The Morgan fingerprint density at radius 3 is 1.26 bits per heavy atom. The summed E-state index contributed by atoms with van der Waals surface area (Å²) in [7, 11) is 1.66. The average Bonchev–Trinajstić information content (AvgIpc) is 3.26. The maximum Gasteiger partial charge on any atom is 0.416 e. The quantitative estimate of drug-likeness (QED) is 0.0291. The number of benzene rings is 3. The normalized spacial score (nSPS) is 11.5. The number of ketones is 1. The van der Waals surface area contributed by atoms with E-state index in [1.165, 1.54) is 70.9 Å². The molecule has 0 heterocycles. The van der Waals surface area contributed by atoms with Crippen LogP contribution in [0.15, 0.2) is 78.9 Å². The number of methoxy groups -OCH3 is 2. The van der Waals surface area contributed by atoms with Gasteiger partial charge in [-0.1, -0.05) is 57.2 Å². The number of esters is 2. The Bertz CT molecular complexity index is 2080. The Morgan fingerprint density at radius 2 is 1.00 bits per heavy atom. The van der Waals surface area contributed by atoms with Gasteiger partial charge in [-0.2, -0.15) is 39.5 Å². The molecule has 0 fully saturated rings. The molecule has 0 aliphatic heterocycles. The highest BCUT2D eigenvalue weighted by molar-refractivity contribution is 7.54. The summed E-state index contributed by atoms with van der Waals surface area (Å²) in [4.78, 5) is 62.5. The summed E-state index contributed by atoms with van der Waals surface area (Å²) in [6.07, 6.45) is -10.4. The van der Waals surface area contributed by atoms with Gasteiger partial charge in [0.15, 0.2) is 5.78 Å². The van der Waals surface area contributed by atoms with Crippen LogP contribution in [0.1, 0.15) is 90.5 Å². The number of primary amides is 1. The molecule has 3 aromatic rings. The van der Waals surface area contributed by atoms with E-state index >= 15 is 0 Å². The monoisotopic (exact) mass is 1050 g/mol. The molecule has 0 saturated heterocycles. The molecule has 0 aliphatic carbocycles. The molecule has 7 N–H and O–H groups in total. The number of allylic oxidation sites excluding steroid dienone is 1. The third-order valence-electron chi connectivity index (χ3n) is 8.22. The first-order valence-electron chi connectivity index (χ1n) is 18.7. The molecule has 0 aromatic heterocycles.